The topological polar surface area (TPSA) is 49.4 Å². The maximum Gasteiger partial charge on any atom is 0.220 e. The van der Waals surface area contributed by atoms with Gasteiger partial charge in [0.1, 0.15) is 0 Å². The van der Waals surface area contributed by atoms with Gasteiger partial charge in [0.15, 0.2) is 0 Å². The summed E-state index contributed by atoms with van der Waals surface area (Å²) in [6.07, 6.45) is 4.38. The Hall–Kier alpha value is -1.58. The van der Waals surface area contributed by atoms with Crippen LogP contribution in [0.4, 0.5) is 0 Å². The summed E-state index contributed by atoms with van der Waals surface area (Å²) in [5.41, 5.74) is 0.535. The number of unbranched alkanes of at least 4 members (excludes halogenated alkanes) is 2. The molecule has 2 rings (SSSR count). The Balaban J connectivity index is 2.17. The van der Waals surface area contributed by atoms with E-state index in [-0.39, 0.29) is 0 Å². The molecule has 1 aromatic rings. The smallest absolute Gasteiger partial charge is 0.130 e. The molecule has 0 unspecified atom stereocenters. The predicted molar refractivity (Wildman–Crippen MR) is 62.0 cm³/mol. The van der Waals surface area contributed by atoms with Crippen molar-refractivity contribution < 1.29 is 0 Å². The van der Waals surface area contributed by atoms with Crippen molar-refractivity contribution >= 4 is 0 Å². The lowest BCUT2D eigenvalue weighted by Crippen LogP contribution is -2.18. The van der Waals surface area contributed by atoms with Crippen molar-refractivity contribution in [1.82, 2.24) is 0 Å². The van der Waals surface area contributed by atoms with E-state index in [2.05, 4.69) is 27.6 Å². The molecule has 0 N–H and O–H groups in total. The fourth-order valence-corrected chi connectivity index (χ4v) is 1.89. The molecular formula is C12H16N4. The molecule has 0 aliphatic carbocycles. The first-order valence-electron chi connectivity index (χ1n) is 5.77. The van der Waals surface area contributed by atoms with Crippen LogP contribution in [0.25, 0.3) is 0 Å². The van der Waals surface area contributed by atoms with Gasteiger partial charge in [-0.15, -0.1) is 10.2 Å². The molecule has 0 atom stereocenters. The highest BCUT2D eigenvalue weighted by molar-refractivity contribution is 5.24. The van der Waals surface area contributed by atoms with E-state index in [0.717, 1.165) is 18.4 Å². The zero-order valence-electron chi connectivity index (χ0n) is 9.50. The normalized spacial score (nSPS) is 16.8. The van der Waals surface area contributed by atoms with Crippen molar-refractivity contribution in [3.8, 4) is 0 Å². The third-order valence-corrected chi connectivity index (χ3v) is 2.83. The van der Waals surface area contributed by atoms with Gasteiger partial charge in [-0.1, -0.05) is 50.1 Å². The second-order valence-corrected chi connectivity index (χ2v) is 4.02. The second kappa shape index (κ2) is 4.96. The van der Waals surface area contributed by atoms with E-state index in [1.165, 1.54) is 12.8 Å². The van der Waals surface area contributed by atoms with Gasteiger partial charge >= 0.3 is 0 Å². The Morgan fingerprint density at radius 3 is 2.31 bits per heavy atom. The summed E-state index contributed by atoms with van der Waals surface area (Å²) < 4.78 is 0. The van der Waals surface area contributed by atoms with Gasteiger partial charge in [0.05, 0.1) is 0 Å². The molecular weight excluding hydrogens is 200 g/mol. The van der Waals surface area contributed by atoms with Gasteiger partial charge in [0, 0.05) is 12.0 Å². The van der Waals surface area contributed by atoms with Crippen LogP contribution in [0.5, 0.6) is 0 Å². The van der Waals surface area contributed by atoms with E-state index in [1.807, 2.05) is 30.3 Å². The van der Waals surface area contributed by atoms with Gasteiger partial charge in [-0.2, -0.15) is 0 Å². The highest BCUT2D eigenvalue weighted by atomic mass is 15.6. The quantitative estimate of drug-likeness (QED) is 0.660. The molecule has 0 aromatic heterocycles. The first-order chi connectivity index (χ1) is 7.87. The summed E-state index contributed by atoms with van der Waals surface area (Å²) in [4.78, 5) is 0. The second-order valence-electron chi connectivity index (χ2n) is 4.02. The molecule has 0 radical (unpaired) electrons. The predicted octanol–water partition coefficient (Wildman–Crippen LogP) is 4.25. The van der Waals surface area contributed by atoms with Crippen LogP contribution in [0, 0.1) is 0 Å². The lowest BCUT2D eigenvalue weighted by Gasteiger charge is -2.19. The lowest BCUT2D eigenvalue weighted by molar-refractivity contribution is 0.404. The van der Waals surface area contributed by atoms with E-state index in [4.69, 9.17) is 0 Å². The van der Waals surface area contributed by atoms with Crippen molar-refractivity contribution in [3.63, 3.8) is 0 Å². The summed E-state index contributed by atoms with van der Waals surface area (Å²) in [6, 6.07) is 10.1. The summed E-state index contributed by atoms with van der Waals surface area (Å²) >= 11 is 0. The molecule has 0 bridgehead atoms. The van der Waals surface area contributed by atoms with E-state index in [9.17, 15) is 0 Å². The number of rotatable bonds is 5. The molecule has 0 fully saturated rings. The Morgan fingerprint density at radius 2 is 1.69 bits per heavy atom. The average molecular weight is 216 g/mol. The Kier molecular flexibility index (Phi) is 3.39. The van der Waals surface area contributed by atoms with Gasteiger partial charge in [-0.25, -0.2) is 0 Å². The fourth-order valence-electron chi connectivity index (χ4n) is 1.89. The molecule has 4 heteroatoms. The van der Waals surface area contributed by atoms with Crippen molar-refractivity contribution in [2.75, 3.05) is 0 Å². The maximum absolute atomic E-state index is 4.20. The van der Waals surface area contributed by atoms with E-state index >= 15 is 0 Å². The SMILES string of the molecule is CCCCCC1(c2ccccc2)N=NN=N1. The number of hydrogen-bond acceptors (Lipinski definition) is 4. The van der Waals surface area contributed by atoms with E-state index in [0.29, 0.717) is 0 Å². The van der Waals surface area contributed by atoms with Crippen LogP contribution < -0.4 is 0 Å². The average Bonchev–Trinajstić information content (AvgIpc) is 2.81. The van der Waals surface area contributed by atoms with Crippen LogP contribution in [0.3, 0.4) is 0 Å². The molecule has 84 valence electrons. The standard InChI is InChI=1S/C12H16N4/c1-2-3-7-10-12(13-15-16-14-12)11-8-5-4-6-9-11/h4-6,8-9H,2-3,7,10H2,1H3. The molecule has 4 nitrogen and oxygen atoms in total. The maximum atomic E-state index is 4.20. The fraction of sp³-hybridized carbons (Fsp3) is 0.500. The highest BCUT2D eigenvalue weighted by Gasteiger charge is 2.34. The monoisotopic (exact) mass is 216 g/mol. The van der Waals surface area contributed by atoms with E-state index in [1.54, 1.807) is 0 Å². The van der Waals surface area contributed by atoms with Crippen molar-refractivity contribution in [1.29, 1.82) is 0 Å². The first kappa shape index (κ1) is 10.9. The molecule has 0 amide bonds. The summed E-state index contributed by atoms with van der Waals surface area (Å²) in [7, 11) is 0. The molecule has 1 heterocycles. The first-order valence-corrected chi connectivity index (χ1v) is 5.77. The highest BCUT2D eigenvalue weighted by Crippen LogP contribution is 2.36. The Morgan fingerprint density at radius 1 is 1.00 bits per heavy atom. The zero-order chi connectivity index (χ0) is 11.3. The summed E-state index contributed by atoms with van der Waals surface area (Å²) in [6.45, 7) is 2.19. The third kappa shape index (κ3) is 2.15. The minimum atomic E-state index is -0.545. The van der Waals surface area contributed by atoms with Crippen LogP contribution in [-0.2, 0) is 5.66 Å². The summed E-state index contributed by atoms with van der Waals surface area (Å²) in [5, 5.41) is 15.8. The zero-order valence-corrected chi connectivity index (χ0v) is 9.50. The van der Waals surface area contributed by atoms with E-state index < -0.39 is 5.66 Å². The Bertz CT molecular complexity index is 371. The number of benzene rings is 1. The van der Waals surface area contributed by atoms with Gasteiger partial charge in [-0.05, 0) is 16.9 Å². The van der Waals surface area contributed by atoms with Crippen LogP contribution in [0.15, 0.2) is 51.0 Å². The van der Waals surface area contributed by atoms with Crippen LogP contribution in [0.2, 0.25) is 0 Å². The van der Waals surface area contributed by atoms with Crippen LogP contribution >= 0.6 is 0 Å². The lowest BCUT2D eigenvalue weighted by atomic mass is 9.95. The van der Waals surface area contributed by atoms with Crippen molar-refractivity contribution in [3.05, 3.63) is 35.9 Å². The number of nitrogens with zero attached hydrogens (tertiary/aromatic N) is 4. The van der Waals surface area contributed by atoms with Gasteiger partial charge in [0.2, 0.25) is 5.66 Å². The minimum absolute atomic E-state index is 0.545. The Labute approximate surface area is 95.5 Å². The largest absolute Gasteiger partial charge is 0.220 e. The minimum Gasteiger partial charge on any atom is -0.130 e. The van der Waals surface area contributed by atoms with Gasteiger partial charge in [0.25, 0.3) is 0 Å². The molecule has 16 heavy (non-hydrogen) atoms. The molecule has 0 saturated heterocycles. The van der Waals surface area contributed by atoms with Crippen molar-refractivity contribution in [2.45, 2.75) is 38.3 Å². The van der Waals surface area contributed by atoms with Gasteiger partial charge < -0.3 is 0 Å². The van der Waals surface area contributed by atoms with Crippen LogP contribution in [0.1, 0.15) is 38.2 Å². The van der Waals surface area contributed by atoms with Crippen molar-refractivity contribution in [2.24, 2.45) is 20.7 Å². The molecule has 0 saturated carbocycles. The molecule has 0 spiro atoms. The molecule has 1 aromatic carbocycles. The van der Waals surface area contributed by atoms with Crippen LogP contribution in [-0.4, -0.2) is 0 Å². The summed E-state index contributed by atoms with van der Waals surface area (Å²) in [5.74, 6) is 0. The number of hydrogen-bond donors (Lipinski definition) is 0. The third-order valence-electron chi connectivity index (χ3n) is 2.83. The van der Waals surface area contributed by atoms with Gasteiger partial charge in [-0.3, -0.25) is 0 Å². The molecule has 1 aliphatic rings. The molecule has 1 aliphatic heterocycles.